The standard InChI is InChI=1S/C29H27NO11/c1-34-19-9-7-17-24(26(19)38-5)23(16-6-8-18-20(12-16)40-14-39-18)27(41-29(32)33)28(31)30(17)13-15-10-21(35-2)25(37-4)22(11-15)36-3/h6-12H,13-14H2,1-5H3,(H,32,33). The van der Waals surface area contributed by atoms with Gasteiger partial charge in [-0.3, -0.25) is 4.79 Å². The molecule has 2 heterocycles. The van der Waals surface area contributed by atoms with E-state index in [1.807, 2.05) is 0 Å². The van der Waals surface area contributed by atoms with E-state index in [1.54, 1.807) is 42.5 Å². The number of nitrogens with zero attached hydrogens (tertiary/aromatic N) is 1. The van der Waals surface area contributed by atoms with E-state index in [1.165, 1.54) is 40.1 Å². The largest absolute Gasteiger partial charge is 0.511 e. The highest BCUT2D eigenvalue weighted by molar-refractivity contribution is 6.04. The third-order valence-electron chi connectivity index (χ3n) is 6.65. The summed E-state index contributed by atoms with van der Waals surface area (Å²) in [5.74, 6) is 2.31. The molecule has 4 aromatic rings. The van der Waals surface area contributed by atoms with Crippen molar-refractivity contribution in [3.8, 4) is 57.1 Å². The number of pyridine rings is 1. The van der Waals surface area contributed by atoms with Crippen molar-refractivity contribution in [2.75, 3.05) is 42.3 Å². The van der Waals surface area contributed by atoms with Gasteiger partial charge in [0.05, 0.1) is 53.0 Å². The molecule has 0 saturated heterocycles. The lowest BCUT2D eigenvalue weighted by atomic mass is 9.98. The molecule has 0 bridgehead atoms. The van der Waals surface area contributed by atoms with Crippen molar-refractivity contribution >= 4 is 17.1 Å². The number of carbonyl (C=O) groups is 1. The monoisotopic (exact) mass is 565 g/mol. The van der Waals surface area contributed by atoms with Gasteiger partial charge in [-0.1, -0.05) is 6.07 Å². The minimum absolute atomic E-state index is 0.0150. The van der Waals surface area contributed by atoms with Gasteiger partial charge in [0.25, 0.3) is 5.56 Å². The van der Waals surface area contributed by atoms with Gasteiger partial charge in [0.1, 0.15) is 0 Å². The van der Waals surface area contributed by atoms with Gasteiger partial charge in [-0.25, -0.2) is 4.79 Å². The van der Waals surface area contributed by atoms with E-state index in [9.17, 15) is 14.7 Å². The number of rotatable bonds is 9. The van der Waals surface area contributed by atoms with Crippen LogP contribution in [0.3, 0.4) is 0 Å². The Morgan fingerprint density at radius 2 is 1.46 bits per heavy atom. The third-order valence-corrected chi connectivity index (χ3v) is 6.65. The Kier molecular flexibility index (Phi) is 7.38. The van der Waals surface area contributed by atoms with Gasteiger partial charge in [-0.05, 0) is 47.5 Å². The van der Waals surface area contributed by atoms with E-state index in [0.29, 0.717) is 56.5 Å². The summed E-state index contributed by atoms with van der Waals surface area (Å²) in [5.41, 5.74) is 0.955. The SMILES string of the molecule is COc1cc(Cn2c(=O)c(OC(=O)O)c(-c3ccc4c(c3)OCO4)c3c(OC)c(OC)ccc32)cc(OC)c1OC. The predicted molar refractivity (Wildman–Crippen MR) is 147 cm³/mol. The van der Waals surface area contributed by atoms with Crippen LogP contribution in [0, 0.1) is 0 Å². The quantitative estimate of drug-likeness (QED) is 0.287. The second-order valence-electron chi connectivity index (χ2n) is 8.76. The number of ether oxygens (including phenoxy) is 8. The molecule has 5 rings (SSSR count). The molecule has 0 spiro atoms. The van der Waals surface area contributed by atoms with Crippen LogP contribution >= 0.6 is 0 Å². The number of methoxy groups -OCH3 is 5. The molecule has 12 heteroatoms. The summed E-state index contributed by atoms with van der Waals surface area (Å²) in [6.07, 6.45) is -1.66. The van der Waals surface area contributed by atoms with Gasteiger partial charge in [0, 0.05) is 5.56 Å². The molecule has 3 aromatic carbocycles. The van der Waals surface area contributed by atoms with E-state index in [0.717, 1.165) is 0 Å². The number of benzene rings is 3. The Balaban J connectivity index is 1.86. The van der Waals surface area contributed by atoms with Crippen molar-refractivity contribution in [3.05, 3.63) is 58.4 Å². The lowest BCUT2D eigenvalue weighted by Gasteiger charge is -2.21. The second-order valence-corrected chi connectivity index (χ2v) is 8.76. The van der Waals surface area contributed by atoms with Crippen LogP contribution in [0.4, 0.5) is 4.79 Å². The lowest BCUT2D eigenvalue weighted by Crippen LogP contribution is -2.25. The molecule has 0 amide bonds. The summed E-state index contributed by atoms with van der Waals surface area (Å²) >= 11 is 0. The minimum atomic E-state index is -1.66. The van der Waals surface area contributed by atoms with E-state index in [2.05, 4.69) is 0 Å². The van der Waals surface area contributed by atoms with Gasteiger partial charge in [0.15, 0.2) is 34.5 Å². The summed E-state index contributed by atoms with van der Waals surface area (Å²) in [5, 5.41) is 10.1. The van der Waals surface area contributed by atoms with Crippen LogP contribution in [0.15, 0.2) is 47.3 Å². The fourth-order valence-electron chi connectivity index (χ4n) is 4.91. The summed E-state index contributed by atoms with van der Waals surface area (Å²) in [6.45, 7) is 0.0183. The molecule has 0 fully saturated rings. The molecule has 0 atom stereocenters. The predicted octanol–water partition coefficient (Wildman–Crippen LogP) is 4.55. The number of aromatic nitrogens is 1. The zero-order valence-corrected chi connectivity index (χ0v) is 22.9. The van der Waals surface area contributed by atoms with Crippen LogP contribution < -0.4 is 43.5 Å². The summed E-state index contributed by atoms with van der Waals surface area (Å²) < 4.78 is 45.2. The van der Waals surface area contributed by atoms with Crippen molar-refractivity contribution in [2.45, 2.75) is 6.54 Å². The summed E-state index contributed by atoms with van der Waals surface area (Å²) in [6, 6.07) is 11.7. The fourth-order valence-corrected chi connectivity index (χ4v) is 4.91. The van der Waals surface area contributed by atoms with E-state index >= 15 is 0 Å². The Bertz CT molecular complexity index is 1690. The Labute approximate surface area is 234 Å². The summed E-state index contributed by atoms with van der Waals surface area (Å²) in [4.78, 5) is 26.0. The molecule has 0 unspecified atom stereocenters. The number of fused-ring (bicyclic) bond motifs is 2. The van der Waals surface area contributed by atoms with Gasteiger partial charge in [-0.15, -0.1) is 0 Å². The van der Waals surface area contributed by atoms with Crippen LogP contribution in [-0.2, 0) is 6.54 Å². The van der Waals surface area contributed by atoms with Crippen molar-refractivity contribution in [2.24, 2.45) is 0 Å². The lowest BCUT2D eigenvalue weighted by molar-refractivity contribution is 0.144. The molecule has 12 nitrogen and oxygen atoms in total. The Morgan fingerprint density at radius 3 is 2.07 bits per heavy atom. The molecule has 41 heavy (non-hydrogen) atoms. The normalized spacial score (nSPS) is 11.7. The van der Waals surface area contributed by atoms with Crippen molar-refractivity contribution in [1.29, 1.82) is 0 Å². The highest BCUT2D eigenvalue weighted by Crippen LogP contribution is 2.47. The maximum absolute atomic E-state index is 14.1. The van der Waals surface area contributed by atoms with Crippen LogP contribution in [0.5, 0.6) is 46.0 Å². The van der Waals surface area contributed by atoms with Crippen LogP contribution in [0.1, 0.15) is 5.56 Å². The zero-order valence-electron chi connectivity index (χ0n) is 22.9. The molecule has 1 aliphatic rings. The topological polar surface area (TPSA) is 133 Å². The maximum atomic E-state index is 14.1. The highest BCUT2D eigenvalue weighted by Gasteiger charge is 2.28. The smallest absolute Gasteiger partial charge is 0.493 e. The maximum Gasteiger partial charge on any atom is 0.511 e. The average Bonchev–Trinajstić information content (AvgIpc) is 3.45. The second kappa shape index (κ2) is 11.1. The van der Waals surface area contributed by atoms with Crippen molar-refractivity contribution in [3.63, 3.8) is 0 Å². The fraction of sp³-hybridized carbons (Fsp3) is 0.241. The first-order valence-corrected chi connectivity index (χ1v) is 12.3. The van der Waals surface area contributed by atoms with Crippen LogP contribution in [-0.4, -0.2) is 58.2 Å². The van der Waals surface area contributed by atoms with E-state index in [4.69, 9.17) is 37.9 Å². The minimum Gasteiger partial charge on any atom is -0.493 e. The Hall–Kier alpha value is -5.26. The van der Waals surface area contributed by atoms with Crippen LogP contribution in [0.25, 0.3) is 22.0 Å². The van der Waals surface area contributed by atoms with Gasteiger partial charge in [0.2, 0.25) is 18.3 Å². The number of carboxylic acid groups (broad SMARTS) is 1. The molecule has 0 aliphatic carbocycles. The molecule has 214 valence electrons. The summed E-state index contributed by atoms with van der Waals surface area (Å²) in [7, 11) is 7.39. The van der Waals surface area contributed by atoms with E-state index < -0.39 is 17.5 Å². The molecular formula is C29H27NO11. The first kappa shape index (κ1) is 27.3. The third kappa shape index (κ3) is 4.73. The van der Waals surface area contributed by atoms with Crippen molar-refractivity contribution < 1.29 is 47.8 Å². The molecule has 0 radical (unpaired) electrons. The molecular weight excluding hydrogens is 538 g/mol. The van der Waals surface area contributed by atoms with Crippen LogP contribution in [0.2, 0.25) is 0 Å². The van der Waals surface area contributed by atoms with Crippen molar-refractivity contribution in [1.82, 2.24) is 4.57 Å². The molecule has 1 aromatic heterocycles. The molecule has 1 N–H and O–H groups in total. The molecule has 1 aliphatic heterocycles. The van der Waals surface area contributed by atoms with Gasteiger partial charge < -0.3 is 47.6 Å². The highest BCUT2D eigenvalue weighted by atomic mass is 16.7. The van der Waals surface area contributed by atoms with E-state index in [-0.39, 0.29) is 24.7 Å². The average molecular weight is 566 g/mol. The Morgan fingerprint density at radius 1 is 0.805 bits per heavy atom. The first-order chi connectivity index (χ1) is 19.8. The molecule has 0 saturated carbocycles. The van der Waals surface area contributed by atoms with Gasteiger partial charge >= 0.3 is 6.16 Å². The first-order valence-electron chi connectivity index (χ1n) is 12.3. The number of hydrogen-bond acceptors (Lipinski definition) is 10. The zero-order chi connectivity index (χ0) is 29.3. The number of hydrogen-bond donors (Lipinski definition) is 1. The van der Waals surface area contributed by atoms with Gasteiger partial charge in [-0.2, -0.15) is 0 Å².